The van der Waals surface area contributed by atoms with Crippen LogP contribution in [0.25, 0.3) is 0 Å². The fourth-order valence-electron chi connectivity index (χ4n) is 2.02. The molecule has 0 radical (unpaired) electrons. The standard InChI is InChI=1S/C16H15BrN2O4S2/c1-11-15(17)16(23-18-11)19-25(20,21)14-8-7-13(24-14)10-22-9-12-5-3-2-4-6-12/h2-8,19H,9-10H2,1H3. The van der Waals surface area contributed by atoms with Crippen molar-refractivity contribution in [3.63, 3.8) is 0 Å². The first-order valence-corrected chi connectivity index (χ1v) is 10.4. The monoisotopic (exact) mass is 442 g/mol. The molecule has 0 fully saturated rings. The number of benzene rings is 1. The maximum Gasteiger partial charge on any atom is 0.273 e. The molecule has 25 heavy (non-hydrogen) atoms. The Balaban J connectivity index is 1.63. The van der Waals surface area contributed by atoms with E-state index in [4.69, 9.17) is 9.26 Å². The first-order chi connectivity index (χ1) is 12.0. The fraction of sp³-hybridized carbons (Fsp3) is 0.188. The molecular formula is C16H15BrN2O4S2. The van der Waals surface area contributed by atoms with Crippen molar-refractivity contribution in [1.82, 2.24) is 5.16 Å². The van der Waals surface area contributed by atoms with Gasteiger partial charge in [0.1, 0.15) is 8.68 Å². The number of hydrogen-bond donors (Lipinski definition) is 1. The van der Waals surface area contributed by atoms with Gasteiger partial charge in [0.15, 0.2) is 0 Å². The minimum absolute atomic E-state index is 0.0628. The molecular weight excluding hydrogens is 428 g/mol. The lowest BCUT2D eigenvalue weighted by Gasteiger charge is -2.03. The van der Waals surface area contributed by atoms with Gasteiger partial charge in [0.2, 0.25) is 0 Å². The molecule has 0 aliphatic heterocycles. The lowest BCUT2D eigenvalue weighted by Crippen LogP contribution is -2.11. The van der Waals surface area contributed by atoms with Crippen LogP contribution >= 0.6 is 27.3 Å². The Hall–Kier alpha value is -1.68. The second kappa shape index (κ2) is 7.69. The van der Waals surface area contributed by atoms with Crippen molar-refractivity contribution < 1.29 is 17.7 Å². The molecule has 0 amide bonds. The Kier molecular flexibility index (Phi) is 5.57. The van der Waals surface area contributed by atoms with E-state index in [0.29, 0.717) is 23.4 Å². The quantitative estimate of drug-likeness (QED) is 0.588. The summed E-state index contributed by atoms with van der Waals surface area (Å²) >= 11 is 4.39. The van der Waals surface area contributed by atoms with E-state index in [-0.39, 0.29) is 10.1 Å². The first kappa shape index (κ1) is 18.1. The largest absolute Gasteiger partial charge is 0.371 e. The number of hydrogen-bond acceptors (Lipinski definition) is 6. The molecule has 0 saturated carbocycles. The summed E-state index contributed by atoms with van der Waals surface area (Å²) in [7, 11) is -3.73. The maximum atomic E-state index is 12.4. The molecule has 1 N–H and O–H groups in total. The van der Waals surface area contributed by atoms with Crippen molar-refractivity contribution in [2.75, 3.05) is 4.72 Å². The number of ether oxygens (including phenoxy) is 1. The van der Waals surface area contributed by atoms with E-state index in [0.717, 1.165) is 21.8 Å². The molecule has 0 unspecified atom stereocenters. The van der Waals surface area contributed by atoms with Crippen LogP contribution in [-0.4, -0.2) is 13.6 Å². The molecule has 0 bridgehead atoms. The van der Waals surface area contributed by atoms with Crippen LogP contribution in [0.4, 0.5) is 5.88 Å². The molecule has 1 aromatic carbocycles. The summed E-state index contributed by atoms with van der Waals surface area (Å²) in [5, 5.41) is 3.70. The second-order valence-corrected chi connectivity index (χ2v) is 9.09. The van der Waals surface area contributed by atoms with Crippen LogP contribution in [0, 0.1) is 6.92 Å². The summed E-state index contributed by atoms with van der Waals surface area (Å²) in [5.41, 5.74) is 1.64. The molecule has 0 atom stereocenters. The minimum Gasteiger partial charge on any atom is -0.371 e. The number of thiophene rings is 1. The molecule has 3 rings (SSSR count). The Bertz CT molecular complexity index is 952. The molecule has 2 heterocycles. The third-order valence-electron chi connectivity index (χ3n) is 3.28. The molecule has 2 aromatic heterocycles. The molecule has 132 valence electrons. The number of halogens is 1. The van der Waals surface area contributed by atoms with Gasteiger partial charge in [0.05, 0.1) is 18.9 Å². The van der Waals surface area contributed by atoms with E-state index in [1.807, 2.05) is 30.3 Å². The average Bonchev–Trinajstić information content (AvgIpc) is 3.19. The lowest BCUT2D eigenvalue weighted by atomic mass is 10.2. The zero-order chi connectivity index (χ0) is 17.9. The third kappa shape index (κ3) is 4.49. The fourth-order valence-corrected chi connectivity index (χ4v) is 4.68. The van der Waals surface area contributed by atoms with Crippen molar-refractivity contribution in [3.05, 3.63) is 63.1 Å². The lowest BCUT2D eigenvalue weighted by molar-refractivity contribution is 0.109. The summed E-state index contributed by atoms with van der Waals surface area (Å²) in [5.74, 6) is 0.0628. The predicted molar refractivity (Wildman–Crippen MR) is 99.0 cm³/mol. The smallest absolute Gasteiger partial charge is 0.273 e. The van der Waals surface area contributed by atoms with E-state index in [1.54, 1.807) is 19.1 Å². The Labute approximate surface area is 158 Å². The molecule has 0 aliphatic rings. The number of rotatable bonds is 7. The SMILES string of the molecule is Cc1noc(NS(=O)(=O)c2ccc(COCc3ccccc3)s2)c1Br. The molecule has 9 heteroatoms. The van der Waals surface area contributed by atoms with Gasteiger partial charge in [-0.15, -0.1) is 11.3 Å². The van der Waals surface area contributed by atoms with E-state index in [1.165, 1.54) is 0 Å². The van der Waals surface area contributed by atoms with Gasteiger partial charge in [0.25, 0.3) is 15.9 Å². The van der Waals surface area contributed by atoms with Crippen LogP contribution in [0.15, 0.2) is 55.7 Å². The normalized spacial score (nSPS) is 11.6. The van der Waals surface area contributed by atoms with Gasteiger partial charge in [0, 0.05) is 4.88 Å². The van der Waals surface area contributed by atoms with Crippen molar-refractivity contribution in [2.45, 2.75) is 24.3 Å². The number of anilines is 1. The third-order valence-corrected chi connectivity index (χ3v) is 7.09. The van der Waals surface area contributed by atoms with Crippen LogP contribution in [0.5, 0.6) is 0 Å². The summed E-state index contributed by atoms with van der Waals surface area (Å²) in [6.07, 6.45) is 0. The number of nitrogens with zero attached hydrogens (tertiary/aromatic N) is 1. The van der Waals surface area contributed by atoms with E-state index < -0.39 is 10.0 Å². The van der Waals surface area contributed by atoms with Crippen LogP contribution in [0.3, 0.4) is 0 Å². The van der Waals surface area contributed by atoms with Gasteiger partial charge < -0.3 is 9.26 Å². The Morgan fingerprint density at radius 2 is 1.96 bits per heavy atom. The molecule has 0 spiro atoms. The highest BCUT2D eigenvalue weighted by Gasteiger charge is 2.21. The van der Waals surface area contributed by atoms with Gasteiger partial charge in [-0.25, -0.2) is 13.1 Å². The molecule has 6 nitrogen and oxygen atoms in total. The average molecular weight is 443 g/mol. The minimum atomic E-state index is -3.73. The van der Waals surface area contributed by atoms with Gasteiger partial charge >= 0.3 is 0 Å². The highest BCUT2D eigenvalue weighted by atomic mass is 79.9. The predicted octanol–water partition coefficient (Wildman–Crippen LogP) is 4.32. The van der Waals surface area contributed by atoms with Crippen molar-refractivity contribution >= 4 is 43.2 Å². The van der Waals surface area contributed by atoms with Gasteiger partial charge in [-0.2, -0.15) is 0 Å². The summed E-state index contributed by atoms with van der Waals surface area (Å²) in [6, 6.07) is 13.1. The molecule has 0 saturated heterocycles. The van der Waals surface area contributed by atoms with E-state index in [9.17, 15) is 8.42 Å². The van der Waals surface area contributed by atoms with Crippen LogP contribution in [-0.2, 0) is 28.0 Å². The first-order valence-electron chi connectivity index (χ1n) is 7.30. The van der Waals surface area contributed by atoms with E-state index in [2.05, 4.69) is 25.8 Å². The molecule has 0 aliphatic carbocycles. The van der Waals surface area contributed by atoms with E-state index >= 15 is 0 Å². The summed E-state index contributed by atoms with van der Waals surface area (Å²) < 4.78 is 38.5. The number of sulfonamides is 1. The van der Waals surface area contributed by atoms with Crippen LogP contribution < -0.4 is 4.72 Å². The Morgan fingerprint density at radius 3 is 2.64 bits per heavy atom. The van der Waals surface area contributed by atoms with Crippen molar-refractivity contribution in [3.8, 4) is 0 Å². The van der Waals surface area contributed by atoms with Crippen LogP contribution in [0.2, 0.25) is 0 Å². The number of aryl methyl sites for hydroxylation is 1. The zero-order valence-corrected chi connectivity index (χ0v) is 16.4. The van der Waals surface area contributed by atoms with Crippen molar-refractivity contribution in [2.24, 2.45) is 0 Å². The number of aromatic nitrogens is 1. The summed E-state index contributed by atoms with van der Waals surface area (Å²) in [6.45, 7) is 2.53. The second-order valence-electron chi connectivity index (χ2n) is 5.22. The highest BCUT2D eigenvalue weighted by molar-refractivity contribution is 9.10. The van der Waals surface area contributed by atoms with Gasteiger partial charge in [-0.1, -0.05) is 35.5 Å². The Morgan fingerprint density at radius 1 is 1.20 bits per heavy atom. The van der Waals surface area contributed by atoms with Gasteiger partial charge in [-0.3, -0.25) is 0 Å². The maximum absolute atomic E-state index is 12.4. The zero-order valence-electron chi connectivity index (χ0n) is 13.2. The molecule has 3 aromatic rings. The summed E-state index contributed by atoms with van der Waals surface area (Å²) in [4.78, 5) is 0.823. The number of nitrogens with one attached hydrogen (secondary N) is 1. The van der Waals surface area contributed by atoms with Crippen molar-refractivity contribution in [1.29, 1.82) is 0 Å². The topological polar surface area (TPSA) is 81.4 Å². The van der Waals surface area contributed by atoms with Gasteiger partial charge in [-0.05, 0) is 40.5 Å². The van der Waals surface area contributed by atoms with Crippen LogP contribution in [0.1, 0.15) is 16.1 Å². The highest BCUT2D eigenvalue weighted by Crippen LogP contribution is 2.30.